The lowest BCUT2D eigenvalue weighted by Crippen LogP contribution is -2.32. The number of nitrogens with one attached hydrogen (secondary N) is 1. The molecule has 0 unspecified atom stereocenters. The molecule has 8 heteroatoms. The molecule has 0 bridgehead atoms. The molecule has 0 aromatic heterocycles. The third-order valence-electron chi connectivity index (χ3n) is 2.31. The van der Waals surface area contributed by atoms with Gasteiger partial charge in [0.2, 0.25) is 0 Å². The van der Waals surface area contributed by atoms with Crippen LogP contribution in [0.15, 0.2) is 30.3 Å². The van der Waals surface area contributed by atoms with E-state index >= 15 is 0 Å². The fourth-order valence-corrected chi connectivity index (χ4v) is 1.73. The first-order valence-corrected chi connectivity index (χ1v) is 7.46. The van der Waals surface area contributed by atoms with Gasteiger partial charge in [-0.25, -0.2) is 4.18 Å². The third-order valence-corrected chi connectivity index (χ3v) is 2.78. The van der Waals surface area contributed by atoms with Gasteiger partial charge < -0.3 is 15.2 Å². The van der Waals surface area contributed by atoms with Crippen molar-refractivity contribution in [3.05, 3.63) is 35.9 Å². The van der Waals surface area contributed by atoms with Crippen molar-refractivity contribution in [2.45, 2.75) is 12.7 Å². The molecule has 1 aromatic carbocycles. The second-order valence-corrected chi connectivity index (χ2v) is 5.20. The Bertz CT molecular complexity index is 464. The van der Waals surface area contributed by atoms with Gasteiger partial charge in [-0.1, -0.05) is 30.3 Å². The van der Waals surface area contributed by atoms with Crippen LogP contribution in [0.4, 0.5) is 0 Å². The molecule has 3 N–H and O–H groups in total. The normalized spacial score (nSPS) is 13.3. The highest BCUT2D eigenvalue weighted by Crippen LogP contribution is 2.00. The van der Waals surface area contributed by atoms with Crippen LogP contribution in [0.2, 0.25) is 0 Å². The van der Waals surface area contributed by atoms with E-state index in [1.165, 1.54) is 0 Å². The van der Waals surface area contributed by atoms with Gasteiger partial charge in [-0.2, -0.15) is 8.42 Å². The summed E-state index contributed by atoms with van der Waals surface area (Å²) in [6.45, 7) is 0.820. The number of hydrogen-bond donors (Lipinski definition) is 3. The SMILES string of the molecule is O=S(=O)(O)OCCNC[C@@H](O)COCc1ccccc1. The average Bonchev–Trinajstić information content (AvgIpc) is 2.38. The Morgan fingerprint density at radius 2 is 1.95 bits per heavy atom. The van der Waals surface area contributed by atoms with E-state index in [1.54, 1.807) is 0 Å². The van der Waals surface area contributed by atoms with Crippen molar-refractivity contribution in [3.63, 3.8) is 0 Å². The topological polar surface area (TPSA) is 105 Å². The van der Waals surface area contributed by atoms with Crippen LogP contribution in [0.3, 0.4) is 0 Å². The largest absolute Gasteiger partial charge is 0.397 e. The molecule has 0 amide bonds. The lowest BCUT2D eigenvalue weighted by Gasteiger charge is -2.12. The summed E-state index contributed by atoms with van der Waals surface area (Å²) < 4.78 is 38.2. The first-order valence-electron chi connectivity index (χ1n) is 6.09. The van der Waals surface area contributed by atoms with Crippen molar-refractivity contribution >= 4 is 10.4 Å². The predicted molar refractivity (Wildman–Crippen MR) is 72.5 cm³/mol. The molecular formula is C12H19NO6S. The number of aliphatic hydroxyl groups is 1. The van der Waals surface area contributed by atoms with Gasteiger partial charge in [0.15, 0.2) is 0 Å². The van der Waals surface area contributed by atoms with E-state index in [-0.39, 0.29) is 26.3 Å². The summed E-state index contributed by atoms with van der Waals surface area (Å²) in [6.07, 6.45) is -0.704. The van der Waals surface area contributed by atoms with Gasteiger partial charge >= 0.3 is 10.4 Å². The van der Waals surface area contributed by atoms with E-state index in [4.69, 9.17) is 9.29 Å². The second-order valence-electron chi connectivity index (χ2n) is 4.11. The Morgan fingerprint density at radius 3 is 2.60 bits per heavy atom. The van der Waals surface area contributed by atoms with E-state index in [2.05, 4.69) is 9.50 Å². The van der Waals surface area contributed by atoms with Crippen LogP contribution in [0, 0.1) is 0 Å². The van der Waals surface area contributed by atoms with Crippen molar-refractivity contribution in [1.29, 1.82) is 0 Å². The molecule has 0 aliphatic carbocycles. The van der Waals surface area contributed by atoms with Crippen molar-refractivity contribution in [1.82, 2.24) is 5.32 Å². The Morgan fingerprint density at radius 1 is 1.25 bits per heavy atom. The zero-order valence-corrected chi connectivity index (χ0v) is 11.8. The number of benzene rings is 1. The number of ether oxygens (including phenoxy) is 1. The van der Waals surface area contributed by atoms with Crippen molar-refractivity contribution < 1.29 is 27.0 Å². The molecule has 114 valence electrons. The lowest BCUT2D eigenvalue weighted by molar-refractivity contribution is 0.0286. The smallest absolute Gasteiger partial charge is 0.389 e. The highest BCUT2D eigenvalue weighted by Gasteiger charge is 2.06. The minimum atomic E-state index is -4.40. The summed E-state index contributed by atoms with van der Waals surface area (Å²) in [6, 6.07) is 9.59. The van der Waals surface area contributed by atoms with Gasteiger partial charge in [0, 0.05) is 13.1 Å². The van der Waals surface area contributed by atoms with E-state index in [1.807, 2.05) is 30.3 Å². The van der Waals surface area contributed by atoms with E-state index in [0.29, 0.717) is 6.61 Å². The van der Waals surface area contributed by atoms with Crippen LogP contribution in [0.25, 0.3) is 0 Å². The van der Waals surface area contributed by atoms with Crippen molar-refractivity contribution in [3.8, 4) is 0 Å². The molecule has 0 aliphatic heterocycles. The molecule has 20 heavy (non-hydrogen) atoms. The molecule has 1 rings (SSSR count). The molecular weight excluding hydrogens is 286 g/mol. The monoisotopic (exact) mass is 305 g/mol. The first-order chi connectivity index (χ1) is 9.47. The Labute approximate surface area is 118 Å². The van der Waals surface area contributed by atoms with Crippen LogP contribution in [-0.2, 0) is 25.9 Å². The van der Waals surface area contributed by atoms with Gasteiger partial charge in [0.25, 0.3) is 0 Å². The summed E-state index contributed by atoms with van der Waals surface area (Å²) in [7, 11) is -4.40. The quantitative estimate of drug-likeness (QED) is 0.412. The molecule has 0 radical (unpaired) electrons. The molecule has 0 saturated heterocycles. The number of hydrogen-bond acceptors (Lipinski definition) is 6. The van der Waals surface area contributed by atoms with Gasteiger partial charge in [0.1, 0.15) is 0 Å². The van der Waals surface area contributed by atoms with Crippen molar-refractivity contribution in [2.75, 3.05) is 26.3 Å². The summed E-state index contributed by atoms with van der Waals surface area (Å²) in [4.78, 5) is 0. The zero-order valence-electron chi connectivity index (χ0n) is 10.9. The molecule has 7 nitrogen and oxygen atoms in total. The number of rotatable bonds is 10. The van der Waals surface area contributed by atoms with Gasteiger partial charge in [-0.3, -0.25) is 4.55 Å². The molecule has 0 fully saturated rings. The first kappa shape index (κ1) is 17.0. The summed E-state index contributed by atoms with van der Waals surface area (Å²) >= 11 is 0. The minimum absolute atomic E-state index is 0.168. The molecule has 0 saturated carbocycles. The minimum Gasteiger partial charge on any atom is -0.389 e. The fraction of sp³-hybridized carbons (Fsp3) is 0.500. The maximum absolute atomic E-state index is 10.2. The van der Waals surface area contributed by atoms with Gasteiger partial charge in [-0.05, 0) is 5.56 Å². The molecule has 0 aliphatic rings. The van der Waals surface area contributed by atoms with Crippen LogP contribution in [0.5, 0.6) is 0 Å². The van der Waals surface area contributed by atoms with Crippen LogP contribution >= 0.6 is 0 Å². The molecule has 1 aromatic rings. The standard InChI is InChI=1S/C12H19NO6S/c14-12(8-13-6-7-19-20(15,16)17)10-18-9-11-4-2-1-3-5-11/h1-5,12-14H,6-10H2,(H,15,16,17)/t12-/m1/s1. The Kier molecular flexibility index (Phi) is 7.67. The maximum Gasteiger partial charge on any atom is 0.397 e. The average molecular weight is 305 g/mol. The van der Waals surface area contributed by atoms with Crippen LogP contribution in [-0.4, -0.2) is 50.5 Å². The molecule has 0 heterocycles. The summed E-state index contributed by atoms with van der Waals surface area (Å²) in [5.41, 5.74) is 1.02. The Hall–Kier alpha value is -1.03. The second kappa shape index (κ2) is 9.01. The summed E-state index contributed by atoms with van der Waals surface area (Å²) in [5.74, 6) is 0. The molecule has 0 spiro atoms. The third kappa shape index (κ3) is 8.97. The van der Waals surface area contributed by atoms with E-state index in [0.717, 1.165) is 5.56 Å². The van der Waals surface area contributed by atoms with Crippen LogP contribution in [0.1, 0.15) is 5.56 Å². The van der Waals surface area contributed by atoms with E-state index < -0.39 is 16.5 Å². The van der Waals surface area contributed by atoms with Gasteiger partial charge in [0.05, 0.1) is 25.9 Å². The fourth-order valence-electron chi connectivity index (χ4n) is 1.43. The lowest BCUT2D eigenvalue weighted by atomic mass is 10.2. The maximum atomic E-state index is 10.2. The highest BCUT2D eigenvalue weighted by molar-refractivity contribution is 7.80. The van der Waals surface area contributed by atoms with Crippen LogP contribution < -0.4 is 5.32 Å². The summed E-state index contributed by atoms with van der Waals surface area (Å²) in [5, 5.41) is 12.4. The predicted octanol–water partition coefficient (Wildman–Crippen LogP) is -0.0269. The highest BCUT2D eigenvalue weighted by atomic mass is 32.3. The number of aliphatic hydroxyl groups excluding tert-OH is 1. The van der Waals surface area contributed by atoms with E-state index in [9.17, 15) is 13.5 Å². The molecule has 1 atom stereocenters. The Balaban J connectivity index is 2.02. The van der Waals surface area contributed by atoms with Gasteiger partial charge in [-0.15, -0.1) is 0 Å². The van der Waals surface area contributed by atoms with Crippen molar-refractivity contribution in [2.24, 2.45) is 0 Å². The zero-order chi connectivity index (χ0) is 14.8.